The van der Waals surface area contributed by atoms with Crippen molar-refractivity contribution in [3.63, 3.8) is 0 Å². The van der Waals surface area contributed by atoms with Gasteiger partial charge in [0.25, 0.3) is 5.91 Å². The van der Waals surface area contributed by atoms with Gasteiger partial charge in [0.1, 0.15) is 4.75 Å². The fourth-order valence-corrected chi connectivity index (χ4v) is 5.18. The summed E-state index contributed by atoms with van der Waals surface area (Å²) in [6.45, 7) is 1.60. The van der Waals surface area contributed by atoms with Crippen molar-refractivity contribution >= 4 is 15.7 Å². The highest BCUT2D eigenvalue weighted by molar-refractivity contribution is 7.92. The Morgan fingerprint density at radius 2 is 1.65 bits per heavy atom. The molecule has 0 saturated heterocycles. The average Bonchev–Trinajstić information content (AvgIpc) is 3.26. The van der Waals surface area contributed by atoms with Crippen LogP contribution in [-0.4, -0.2) is 42.2 Å². The zero-order valence-corrected chi connectivity index (χ0v) is 18.9. The van der Waals surface area contributed by atoms with Gasteiger partial charge >= 0.3 is 0 Å². The van der Waals surface area contributed by atoms with E-state index in [0.717, 1.165) is 42.2 Å². The Balaban J connectivity index is 1.67. The highest BCUT2D eigenvalue weighted by atomic mass is 32.2. The average molecular weight is 446 g/mol. The Morgan fingerprint density at radius 1 is 1.06 bits per heavy atom. The Morgan fingerprint density at radius 3 is 2.13 bits per heavy atom. The topological polar surface area (TPSA) is 104 Å². The van der Waals surface area contributed by atoms with Gasteiger partial charge in [0, 0.05) is 12.9 Å². The van der Waals surface area contributed by atoms with E-state index in [2.05, 4.69) is 24.3 Å². The van der Waals surface area contributed by atoms with Crippen molar-refractivity contribution in [2.45, 2.75) is 49.7 Å². The third-order valence-corrected chi connectivity index (χ3v) is 8.79. The summed E-state index contributed by atoms with van der Waals surface area (Å²) in [7, 11) is -3.70. The summed E-state index contributed by atoms with van der Waals surface area (Å²) in [6, 6.07) is 16.4. The quantitative estimate of drug-likeness (QED) is 0.426. The van der Waals surface area contributed by atoms with Crippen LogP contribution in [0.5, 0.6) is 0 Å². The van der Waals surface area contributed by atoms with E-state index in [-0.39, 0.29) is 13.0 Å². The van der Waals surface area contributed by atoms with E-state index in [0.29, 0.717) is 18.3 Å². The van der Waals surface area contributed by atoms with Crippen LogP contribution < -0.4 is 5.48 Å². The van der Waals surface area contributed by atoms with Gasteiger partial charge in [0.2, 0.25) is 0 Å². The summed E-state index contributed by atoms with van der Waals surface area (Å²) in [4.78, 5) is 11.9. The predicted molar refractivity (Wildman–Crippen MR) is 121 cm³/mol. The molecule has 168 valence electrons. The summed E-state index contributed by atoms with van der Waals surface area (Å²) < 4.78 is 22.5. The molecule has 3 N–H and O–H groups in total. The van der Waals surface area contributed by atoms with Crippen LogP contribution in [0.25, 0.3) is 11.1 Å². The van der Waals surface area contributed by atoms with E-state index < -0.39 is 20.5 Å². The number of aliphatic hydroxyl groups is 1. The second-order valence-electron chi connectivity index (χ2n) is 8.82. The van der Waals surface area contributed by atoms with Gasteiger partial charge in [-0.25, -0.2) is 13.9 Å². The highest BCUT2D eigenvalue weighted by Crippen LogP contribution is 2.38. The van der Waals surface area contributed by atoms with E-state index >= 15 is 0 Å². The van der Waals surface area contributed by atoms with Gasteiger partial charge in [-0.3, -0.25) is 10.0 Å². The Labute approximate surface area is 184 Å². The molecule has 1 aliphatic carbocycles. The third-order valence-electron chi connectivity index (χ3n) is 6.76. The van der Waals surface area contributed by atoms with Crippen molar-refractivity contribution in [2.24, 2.45) is 5.92 Å². The number of hydrogen-bond acceptors (Lipinski definition) is 5. The minimum Gasteiger partial charge on any atom is -0.396 e. The molecular formula is C24H31NO5S. The zero-order valence-electron chi connectivity index (χ0n) is 18.0. The van der Waals surface area contributed by atoms with Gasteiger partial charge in [-0.1, -0.05) is 48.5 Å². The summed E-state index contributed by atoms with van der Waals surface area (Å²) in [5.74, 6) is 0.0263. The Hall–Kier alpha value is -2.22. The number of amides is 1. The van der Waals surface area contributed by atoms with Crippen molar-refractivity contribution in [1.29, 1.82) is 0 Å². The van der Waals surface area contributed by atoms with E-state index in [1.54, 1.807) is 0 Å². The van der Waals surface area contributed by atoms with Crippen LogP contribution in [0, 0.1) is 5.92 Å². The Bertz CT molecular complexity index is 1000. The molecule has 0 bridgehead atoms. The fraction of sp³-hybridized carbons (Fsp3) is 0.458. The number of aryl methyl sites for hydroxylation is 1. The van der Waals surface area contributed by atoms with E-state index in [1.807, 2.05) is 24.3 Å². The van der Waals surface area contributed by atoms with Crippen molar-refractivity contribution in [3.8, 4) is 11.1 Å². The SMILES string of the molecule is CC(CCc1ccc(-c2ccc(C3CCC(CO)C3)cc2)cc1)(C(=O)NO)S(C)(=O)=O. The van der Waals surface area contributed by atoms with Crippen LogP contribution in [0.15, 0.2) is 48.5 Å². The summed E-state index contributed by atoms with van der Waals surface area (Å²) in [5.41, 5.74) is 5.88. The van der Waals surface area contributed by atoms with Crippen molar-refractivity contribution in [1.82, 2.24) is 5.48 Å². The molecule has 2 aromatic carbocycles. The van der Waals surface area contributed by atoms with Gasteiger partial charge in [-0.2, -0.15) is 0 Å². The number of carbonyl (C=O) groups excluding carboxylic acids is 1. The molecule has 1 fully saturated rings. The maximum Gasteiger partial charge on any atom is 0.264 e. The van der Waals surface area contributed by atoms with Crippen LogP contribution in [0.1, 0.15) is 49.7 Å². The summed E-state index contributed by atoms with van der Waals surface area (Å²) in [6.07, 6.45) is 4.73. The number of sulfone groups is 1. The minimum atomic E-state index is -3.70. The standard InChI is InChI=1S/C24H31NO5S/c1-24(23(27)25-28,31(2,29)30)14-13-17-3-6-19(7-4-17)20-9-11-21(12-10-20)22-8-5-18(15-22)16-26/h3-4,6-7,9-12,18,22,26,28H,5,8,13-16H2,1-2H3,(H,25,27). The first-order chi connectivity index (χ1) is 14.7. The lowest BCUT2D eigenvalue weighted by Gasteiger charge is -2.25. The number of benzene rings is 2. The summed E-state index contributed by atoms with van der Waals surface area (Å²) in [5, 5.41) is 18.3. The van der Waals surface area contributed by atoms with Crippen LogP contribution in [0.3, 0.4) is 0 Å². The molecule has 3 atom stereocenters. The molecule has 0 radical (unpaired) electrons. The number of hydroxylamine groups is 1. The molecule has 1 amide bonds. The van der Waals surface area contributed by atoms with Crippen LogP contribution in [-0.2, 0) is 21.1 Å². The second kappa shape index (κ2) is 9.51. The van der Waals surface area contributed by atoms with E-state index in [4.69, 9.17) is 5.21 Å². The molecule has 0 heterocycles. The van der Waals surface area contributed by atoms with E-state index in [9.17, 15) is 18.3 Å². The maximum atomic E-state index is 12.1. The smallest absolute Gasteiger partial charge is 0.264 e. The molecule has 0 aromatic heterocycles. The normalized spacial score (nSPS) is 20.9. The lowest BCUT2D eigenvalue weighted by Crippen LogP contribution is -2.49. The predicted octanol–water partition coefficient (Wildman–Crippen LogP) is 3.47. The van der Waals surface area contributed by atoms with Crippen molar-refractivity contribution in [2.75, 3.05) is 12.9 Å². The van der Waals surface area contributed by atoms with Gasteiger partial charge in [-0.05, 0) is 73.1 Å². The fourth-order valence-electron chi connectivity index (χ4n) is 4.32. The third kappa shape index (κ3) is 5.17. The van der Waals surface area contributed by atoms with Crippen molar-refractivity contribution < 1.29 is 23.5 Å². The maximum absolute atomic E-state index is 12.1. The highest BCUT2D eigenvalue weighted by Gasteiger charge is 2.43. The molecule has 1 saturated carbocycles. The first-order valence-electron chi connectivity index (χ1n) is 10.6. The Kier molecular flexibility index (Phi) is 7.19. The lowest BCUT2D eigenvalue weighted by molar-refractivity contribution is -0.131. The molecule has 31 heavy (non-hydrogen) atoms. The molecule has 3 rings (SSSR count). The number of carbonyl (C=O) groups is 1. The largest absolute Gasteiger partial charge is 0.396 e. The second-order valence-corrected chi connectivity index (χ2v) is 11.3. The molecule has 0 spiro atoms. The zero-order chi connectivity index (χ0) is 22.6. The number of aliphatic hydroxyl groups excluding tert-OH is 1. The minimum absolute atomic E-state index is 0.0719. The molecule has 7 heteroatoms. The number of rotatable bonds is 8. The number of hydrogen-bond donors (Lipinski definition) is 3. The van der Waals surface area contributed by atoms with Crippen LogP contribution >= 0.6 is 0 Å². The summed E-state index contributed by atoms with van der Waals surface area (Å²) >= 11 is 0. The molecule has 3 unspecified atom stereocenters. The van der Waals surface area contributed by atoms with E-state index in [1.165, 1.54) is 18.0 Å². The van der Waals surface area contributed by atoms with Gasteiger partial charge in [-0.15, -0.1) is 0 Å². The number of nitrogens with one attached hydrogen (secondary N) is 1. The van der Waals surface area contributed by atoms with Crippen LogP contribution in [0.4, 0.5) is 0 Å². The molecule has 2 aromatic rings. The van der Waals surface area contributed by atoms with Gasteiger partial charge < -0.3 is 5.11 Å². The van der Waals surface area contributed by atoms with Crippen molar-refractivity contribution in [3.05, 3.63) is 59.7 Å². The molecule has 0 aliphatic heterocycles. The first kappa shape index (κ1) is 23.4. The van der Waals surface area contributed by atoms with Crippen LogP contribution in [0.2, 0.25) is 0 Å². The monoisotopic (exact) mass is 445 g/mol. The molecule has 6 nitrogen and oxygen atoms in total. The van der Waals surface area contributed by atoms with Gasteiger partial charge in [0.15, 0.2) is 9.84 Å². The molecular weight excluding hydrogens is 414 g/mol. The lowest BCUT2D eigenvalue weighted by atomic mass is 9.93. The first-order valence-corrected chi connectivity index (χ1v) is 12.5. The molecule has 1 aliphatic rings. The van der Waals surface area contributed by atoms with Gasteiger partial charge in [0.05, 0.1) is 0 Å².